The van der Waals surface area contributed by atoms with E-state index < -0.39 is 11.9 Å². The summed E-state index contributed by atoms with van der Waals surface area (Å²) in [5.74, 6) is -0.143. The number of urea groups is 1. The van der Waals surface area contributed by atoms with E-state index in [0.717, 1.165) is 4.90 Å². The highest BCUT2D eigenvalue weighted by Crippen LogP contribution is 2.38. The van der Waals surface area contributed by atoms with Crippen LogP contribution in [-0.4, -0.2) is 31.1 Å². The van der Waals surface area contributed by atoms with Crippen molar-refractivity contribution in [2.75, 3.05) is 23.4 Å². The molecule has 0 atom stereocenters. The summed E-state index contributed by atoms with van der Waals surface area (Å²) < 4.78 is 12.0. The third-order valence-electron chi connectivity index (χ3n) is 4.99. The molecule has 1 aliphatic rings. The molecule has 4 rings (SSSR count). The number of ether oxygens (including phenoxy) is 2. The summed E-state index contributed by atoms with van der Waals surface area (Å²) in [6, 6.07) is 18.3. The summed E-state index contributed by atoms with van der Waals surface area (Å²) in [5.41, 5.74) is 1.68. The highest BCUT2D eigenvalue weighted by Gasteiger charge is 2.35. The Morgan fingerprint density at radius 2 is 1.86 bits per heavy atom. The van der Waals surface area contributed by atoms with E-state index in [2.05, 4.69) is 26.6 Å². The monoisotopic (exact) mass is 569 g/mol. The van der Waals surface area contributed by atoms with Crippen molar-refractivity contribution in [3.63, 3.8) is 0 Å². The lowest BCUT2D eigenvalue weighted by atomic mass is 10.1. The molecule has 8 nitrogen and oxygen atoms in total. The minimum atomic E-state index is -0.581. The summed E-state index contributed by atoms with van der Waals surface area (Å²) in [5, 5.41) is 5.74. The predicted octanol–water partition coefficient (Wildman–Crippen LogP) is 5.62. The Morgan fingerprint density at radius 1 is 1.08 bits per heavy atom. The Kier molecular flexibility index (Phi) is 7.92. The van der Waals surface area contributed by atoms with Crippen molar-refractivity contribution in [1.29, 1.82) is 0 Å². The Labute approximate surface area is 221 Å². The van der Waals surface area contributed by atoms with Crippen molar-refractivity contribution >= 4 is 62.8 Å². The maximum Gasteiger partial charge on any atom is 0.333 e. The number of nitrogens with one attached hydrogen (secondary N) is 2. The van der Waals surface area contributed by atoms with E-state index in [0.29, 0.717) is 44.5 Å². The molecule has 1 fully saturated rings. The molecular weight excluding hydrogens is 550 g/mol. The van der Waals surface area contributed by atoms with Gasteiger partial charge in [-0.3, -0.25) is 9.59 Å². The van der Waals surface area contributed by atoms with Crippen LogP contribution in [0.25, 0.3) is 6.08 Å². The Bertz CT molecular complexity index is 1350. The number of amides is 4. The maximum atomic E-state index is 12.9. The van der Waals surface area contributed by atoms with Crippen LogP contribution in [0.5, 0.6) is 11.5 Å². The van der Waals surface area contributed by atoms with Gasteiger partial charge in [-0.25, -0.2) is 9.69 Å². The van der Waals surface area contributed by atoms with Gasteiger partial charge in [0.2, 0.25) is 0 Å². The molecule has 2 N–H and O–H groups in total. The molecule has 0 bridgehead atoms. The van der Waals surface area contributed by atoms with Gasteiger partial charge in [0, 0.05) is 10.7 Å². The molecule has 0 saturated carbocycles. The summed E-state index contributed by atoms with van der Waals surface area (Å²) >= 11 is 9.46. The van der Waals surface area contributed by atoms with Gasteiger partial charge >= 0.3 is 6.03 Å². The molecule has 1 heterocycles. The van der Waals surface area contributed by atoms with E-state index >= 15 is 0 Å². The zero-order valence-corrected chi connectivity index (χ0v) is 21.4. The van der Waals surface area contributed by atoms with E-state index in [1.54, 1.807) is 42.5 Å². The number of carbonyl (C=O) groups is 3. The van der Waals surface area contributed by atoms with E-state index in [1.807, 2.05) is 25.1 Å². The Hall–Kier alpha value is -3.82. The van der Waals surface area contributed by atoms with Gasteiger partial charge in [0.25, 0.3) is 11.8 Å². The number of hydrogen-bond donors (Lipinski definition) is 2. The minimum Gasteiger partial charge on any atom is -0.490 e. The van der Waals surface area contributed by atoms with Crippen molar-refractivity contribution in [2.24, 2.45) is 0 Å². The van der Waals surface area contributed by atoms with Crippen LogP contribution < -0.4 is 25.0 Å². The first kappa shape index (κ1) is 25.3. The summed E-state index contributed by atoms with van der Waals surface area (Å²) in [7, 11) is 0. The molecule has 0 spiro atoms. The second kappa shape index (κ2) is 11.3. The van der Waals surface area contributed by atoms with Crippen LogP contribution in [0.15, 0.2) is 76.9 Å². The fourth-order valence-electron chi connectivity index (χ4n) is 3.48. The zero-order chi connectivity index (χ0) is 25.7. The van der Waals surface area contributed by atoms with Crippen LogP contribution in [0, 0.1) is 0 Å². The summed E-state index contributed by atoms with van der Waals surface area (Å²) in [6.45, 7) is 1.92. The number of imide groups is 1. The first-order chi connectivity index (χ1) is 17.4. The molecule has 1 saturated heterocycles. The molecule has 1 aliphatic heterocycles. The minimum absolute atomic E-state index is 0.0882. The highest BCUT2D eigenvalue weighted by molar-refractivity contribution is 9.10. The molecular formula is C26H21BrClN3O5. The van der Waals surface area contributed by atoms with Gasteiger partial charge in [0.1, 0.15) is 5.70 Å². The Balaban J connectivity index is 1.53. The van der Waals surface area contributed by atoms with Crippen LogP contribution in [0.4, 0.5) is 16.2 Å². The van der Waals surface area contributed by atoms with Crippen LogP contribution in [0.2, 0.25) is 5.02 Å². The average molecular weight is 571 g/mol. The number of nitrogens with zero attached hydrogens (tertiary/aromatic N) is 1. The van der Waals surface area contributed by atoms with Crippen LogP contribution >= 0.6 is 27.5 Å². The molecule has 0 radical (unpaired) electrons. The molecule has 0 aliphatic carbocycles. The second-order valence-electron chi connectivity index (χ2n) is 7.57. The van der Waals surface area contributed by atoms with Gasteiger partial charge in [-0.1, -0.05) is 35.9 Å². The number of carbonyl (C=O) groups excluding carboxylic acids is 3. The lowest BCUT2D eigenvalue weighted by Gasteiger charge is -2.15. The molecule has 0 aromatic heterocycles. The molecule has 4 amide bonds. The van der Waals surface area contributed by atoms with Crippen molar-refractivity contribution in [1.82, 2.24) is 5.32 Å². The van der Waals surface area contributed by atoms with Gasteiger partial charge in [-0.2, -0.15) is 0 Å². The molecule has 3 aromatic carbocycles. The smallest absolute Gasteiger partial charge is 0.333 e. The molecule has 3 aromatic rings. The van der Waals surface area contributed by atoms with Crippen LogP contribution in [0.3, 0.4) is 0 Å². The first-order valence-corrected chi connectivity index (χ1v) is 12.1. The Morgan fingerprint density at radius 3 is 2.58 bits per heavy atom. The predicted molar refractivity (Wildman–Crippen MR) is 141 cm³/mol. The van der Waals surface area contributed by atoms with Crippen molar-refractivity contribution in [3.8, 4) is 11.5 Å². The molecule has 10 heteroatoms. The SMILES string of the molecule is CCOc1cc(/C=C2/NC(=O)N(c3cccc(Cl)c3)C2=O)cc(Br)c1OCC(=O)Nc1ccccc1. The lowest BCUT2D eigenvalue weighted by Crippen LogP contribution is -2.30. The number of para-hydroxylation sites is 1. The fourth-order valence-corrected chi connectivity index (χ4v) is 4.24. The summed E-state index contributed by atoms with van der Waals surface area (Å²) in [6.07, 6.45) is 1.53. The van der Waals surface area contributed by atoms with E-state index in [1.165, 1.54) is 12.1 Å². The third-order valence-corrected chi connectivity index (χ3v) is 5.82. The fraction of sp³-hybridized carbons (Fsp3) is 0.115. The van der Waals surface area contributed by atoms with Gasteiger partial charge in [-0.05, 0) is 77.0 Å². The van der Waals surface area contributed by atoms with Gasteiger partial charge in [-0.15, -0.1) is 0 Å². The molecule has 0 unspecified atom stereocenters. The van der Waals surface area contributed by atoms with E-state index in [-0.39, 0.29) is 18.2 Å². The zero-order valence-electron chi connectivity index (χ0n) is 19.1. The third kappa shape index (κ3) is 5.87. The molecule has 36 heavy (non-hydrogen) atoms. The number of anilines is 2. The number of hydrogen-bond acceptors (Lipinski definition) is 5. The lowest BCUT2D eigenvalue weighted by molar-refractivity contribution is -0.118. The standard InChI is InChI=1S/C26H21BrClN3O5/c1-2-35-22-13-16(11-20(27)24(22)36-15-23(32)29-18-8-4-3-5-9-18)12-21-25(33)31(26(34)30-21)19-10-6-7-17(28)14-19/h3-14H,2,15H2,1H3,(H,29,32)(H,30,34)/b21-12+. The summed E-state index contributed by atoms with van der Waals surface area (Å²) in [4.78, 5) is 38.7. The average Bonchev–Trinajstić information content (AvgIpc) is 3.11. The number of halogens is 2. The maximum absolute atomic E-state index is 12.9. The van der Waals surface area contributed by atoms with Crippen molar-refractivity contribution in [3.05, 3.63) is 87.5 Å². The van der Waals surface area contributed by atoms with Gasteiger partial charge in [0.15, 0.2) is 18.1 Å². The highest BCUT2D eigenvalue weighted by atomic mass is 79.9. The molecule has 184 valence electrons. The topological polar surface area (TPSA) is 97.0 Å². The largest absolute Gasteiger partial charge is 0.490 e. The van der Waals surface area contributed by atoms with Crippen molar-refractivity contribution in [2.45, 2.75) is 6.92 Å². The van der Waals surface area contributed by atoms with Crippen molar-refractivity contribution < 1.29 is 23.9 Å². The first-order valence-electron chi connectivity index (χ1n) is 10.9. The van der Waals surface area contributed by atoms with Gasteiger partial charge in [0.05, 0.1) is 16.8 Å². The quantitative estimate of drug-likeness (QED) is 0.271. The van der Waals surface area contributed by atoms with Gasteiger partial charge < -0.3 is 20.1 Å². The van der Waals surface area contributed by atoms with Crippen LogP contribution in [-0.2, 0) is 9.59 Å². The number of benzene rings is 3. The van der Waals surface area contributed by atoms with E-state index in [9.17, 15) is 14.4 Å². The van der Waals surface area contributed by atoms with Crippen LogP contribution in [0.1, 0.15) is 12.5 Å². The number of rotatable bonds is 8. The van der Waals surface area contributed by atoms with E-state index in [4.69, 9.17) is 21.1 Å². The normalized spacial score (nSPS) is 14.1. The second-order valence-corrected chi connectivity index (χ2v) is 8.87.